The molecule has 0 radical (unpaired) electrons. The standard InChI is InChI=1S/2C19H18F3NO/c2*20-19(21,22)17-8-4-7-14-15-10-23(9-13-5-2-1-3-6-13)11-18(15)24-12-16(14)17/h2*1-8,15,18H,9-12H2/t15-,18+;15-,18-/m10/s1. The predicted molar refractivity (Wildman–Crippen MR) is 169 cm³/mol. The normalized spacial score (nSPS) is 23.8. The van der Waals surface area contributed by atoms with E-state index in [0.29, 0.717) is 11.1 Å². The van der Waals surface area contributed by atoms with Gasteiger partial charge in [-0.15, -0.1) is 0 Å². The Hall–Kier alpha value is -3.70. The molecule has 8 rings (SSSR count). The molecule has 48 heavy (non-hydrogen) atoms. The Labute approximate surface area is 275 Å². The Kier molecular flexibility index (Phi) is 9.10. The lowest BCUT2D eigenvalue weighted by molar-refractivity contribution is -0.140. The van der Waals surface area contributed by atoms with Gasteiger partial charge in [0, 0.05) is 51.1 Å². The van der Waals surface area contributed by atoms with Gasteiger partial charge in [-0.1, -0.05) is 84.9 Å². The fourth-order valence-corrected chi connectivity index (χ4v) is 7.72. The molecule has 4 aromatic rings. The highest BCUT2D eigenvalue weighted by Gasteiger charge is 2.44. The first-order chi connectivity index (χ1) is 23.0. The molecule has 0 aliphatic carbocycles. The Morgan fingerprint density at radius 2 is 0.896 bits per heavy atom. The summed E-state index contributed by atoms with van der Waals surface area (Å²) in [6.45, 7) is 4.67. The minimum Gasteiger partial charge on any atom is -0.371 e. The highest BCUT2D eigenvalue weighted by molar-refractivity contribution is 5.43. The SMILES string of the molecule is FC(F)(F)c1cccc2c1CO[C@H]1CN(Cc3ccccc3)C[C@@H]21.FC(F)(F)c1cccc2c1CO[C@H]1CN(Cc3ccccc3)C[C@H]21. The van der Waals surface area contributed by atoms with Crippen molar-refractivity contribution in [1.29, 1.82) is 0 Å². The minimum atomic E-state index is -4.33. The number of likely N-dealkylation sites (tertiary alicyclic amines) is 2. The van der Waals surface area contributed by atoms with Crippen LogP contribution in [0.15, 0.2) is 97.1 Å². The van der Waals surface area contributed by atoms with Gasteiger partial charge in [-0.05, 0) is 45.5 Å². The molecular weight excluding hydrogens is 630 g/mol. The van der Waals surface area contributed by atoms with Crippen molar-refractivity contribution in [1.82, 2.24) is 9.80 Å². The topological polar surface area (TPSA) is 24.9 Å². The summed E-state index contributed by atoms with van der Waals surface area (Å²) in [6.07, 6.45) is -8.71. The quantitative estimate of drug-likeness (QED) is 0.204. The third-order valence-corrected chi connectivity index (χ3v) is 9.90. The van der Waals surface area contributed by atoms with Crippen molar-refractivity contribution in [2.24, 2.45) is 0 Å². The van der Waals surface area contributed by atoms with Gasteiger partial charge >= 0.3 is 12.4 Å². The number of fused-ring (bicyclic) bond motifs is 6. The number of nitrogens with zero attached hydrogens (tertiary/aromatic N) is 2. The highest BCUT2D eigenvalue weighted by Crippen LogP contribution is 2.44. The first-order valence-corrected chi connectivity index (χ1v) is 16.2. The van der Waals surface area contributed by atoms with E-state index < -0.39 is 23.5 Å². The van der Waals surface area contributed by atoms with Crippen molar-refractivity contribution >= 4 is 0 Å². The fraction of sp³-hybridized carbons (Fsp3) is 0.368. The zero-order valence-electron chi connectivity index (χ0n) is 26.2. The van der Waals surface area contributed by atoms with Gasteiger partial charge in [0.1, 0.15) is 0 Å². The van der Waals surface area contributed by atoms with Crippen LogP contribution in [0.1, 0.15) is 56.3 Å². The van der Waals surface area contributed by atoms with E-state index in [1.54, 1.807) is 0 Å². The third kappa shape index (κ3) is 6.89. The molecule has 0 saturated carbocycles. The van der Waals surface area contributed by atoms with E-state index in [1.165, 1.54) is 23.3 Å². The molecule has 4 aromatic carbocycles. The van der Waals surface area contributed by atoms with Gasteiger partial charge in [-0.2, -0.15) is 26.3 Å². The van der Waals surface area contributed by atoms with Crippen LogP contribution in [0.3, 0.4) is 0 Å². The van der Waals surface area contributed by atoms with Gasteiger partial charge in [0.05, 0.1) is 36.5 Å². The average Bonchev–Trinajstić information content (AvgIpc) is 3.68. The Balaban J connectivity index is 0.000000152. The summed E-state index contributed by atoms with van der Waals surface area (Å²) in [5.74, 6) is 0.0273. The largest absolute Gasteiger partial charge is 0.416 e. The van der Waals surface area contributed by atoms with E-state index >= 15 is 0 Å². The van der Waals surface area contributed by atoms with Crippen molar-refractivity contribution < 1.29 is 35.8 Å². The van der Waals surface area contributed by atoms with Crippen molar-refractivity contribution in [3.63, 3.8) is 0 Å². The van der Waals surface area contributed by atoms with E-state index in [4.69, 9.17) is 9.47 Å². The van der Waals surface area contributed by atoms with E-state index in [-0.39, 0.29) is 37.3 Å². The number of benzene rings is 4. The second kappa shape index (κ2) is 13.3. The Morgan fingerprint density at radius 1 is 0.500 bits per heavy atom. The van der Waals surface area contributed by atoms with Crippen LogP contribution in [-0.4, -0.2) is 48.2 Å². The van der Waals surface area contributed by atoms with Gasteiger partial charge in [0.25, 0.3) is 0 Å². The molecule has 2 saturated heterocycles. The Morgan fingerprint density at radius 3 is 1.27 bits per heavy atom. The lowest BCUT2D eigenvalue weighted by atomic mass is 9.87. The lowest BCUT2D eigenvalue weighted by Crippen LogP contribution is -2.28. The molecule has 0 bridgehead atoms. The molecule has 0 unspecified atom stereocenters. The van der Waals surface area contributed by atoms with E-state index in [9.17, 15) is 26.3 Å². The summed E-state index contributed by atoms with van der Waals surface area (Å²) in [4.78, 5) is 4.53. The molecule has 4 aliphatic rings. The molecule has 10 heteroatoms. The van der Waals surface area contributed by atoms with E-state index in [0.717, 1.165) is 62.5 Å². The van der Waals surface area contributed by atoms with Crippen molar-refractivity contribution in [2.45, 2.75) is 62.7 Å². The summed E-state index contributed by atoms with van der Waals surface area (Å²) in [5, 5.41) is 0. The lowest BCUT2D eigenvalue weighted by Gasteiger charge is -2.29. The summed E-state index contributed by atoms with van der Waals surface area (Å²) in [6, 6.07) is 29.2. The minimum absolute atomic E-state index is 0.0137. The maximum atomic E-state index is 13.2. The summed E-state index contributed by atoms with van der Waals surface area (Å²) in [5.41, 5.74) is 3.54. The van der Waals surface area contributed by atoms with Crippen LogP contribution in [0.5, 0.6) is 0 Å². The molecule has 4 atom stereocenters. The summed E-state index contributed by atoms with van der Waals surface area (Å²) >= 11 is 0. The van der Waals surface area contributed by atoms with Crippen LogP contribution in [0.2, 0.25) is 0 Å². The number of rotatable bonds is 4. The van der Waals surface area contributed by atoms with Crippen molar-refractivity contribution in [3.05, 3.63) is 142 Å². The second-order valence-electron chi connectivity index (χ2n) is 13.0. The van der Waals surface area contributed by atoms with Gasteiger partial charge in [-0.3, -0.25) is 9.80 Å². The number of alkyl halides is 6. The number of hydrogen-bond acceptors (Lipinski definition) is 4. The molecule has 4 heterocycles. The molecule has 4 nitrogen and oxygen atoms in total. The smallest absolute Gasteiger partial charge is 0.371 e. The van der Waals surface area contributed by atoms with Gasteiger partial charge in [-0.25, -0.2) is 0 Å². The molecule has 2 fully saturated rings. The van der Waals surface area contributed by atoms with Crippen LogP contribution in [0.25, 0.3) is 0 Å². The van der Waals surface area contributed by atoms with Crippen molar-refractivity contribution in [2.75, 3.05) is 26.2 Å². The molecule has 0 amide bonds. The zero-order chi connectivity index (χ0) is 33.5. The van der Waals surface area contributed by atoms with Crippen LogP contribution in [-0.2, 0) is 48.1 Å². The molecule has 252 valence electrons. The number of ether oxygens (including phenoxy) is 2. The molecule has 0 spiro atoms. The van der Waals surface area contributed by atoms with Gasteiger partial charge in [0.15, 0.2) is 0 Å². The van der Waals surface area contributed by atoms with Crippen LogP contribution in [0, 0.1) is 0 Å². The summed E-state index contributed by atoms with van der Waals surface area (Å²) < 4.78 is 90.9. The van der Waals surface area contributed by atoms with Crippen LogP contribution < -0.4 is 0 Å². The number of halogens is 6. The fourth-order valence-electron chi connectivity index (χ4n) is 7.72. The van der Waals surface area contributed by atoms with Crippen LogP contribution >= 0.6 is 0 Å². The second-order valence-corrected chi connectivity index (χ2v) is 13.0. The highest BCUT2D eigenvalue weighted by atomic mass is 19.4. The molecule has 0 aromatic heterocycles. The Bertz CT molecular complexity index is 1590. The number of hydrogen-bond donors (Lipinski definition) is 0. The molecule has 0 N–H and O–H groups in total. The first kappa shape index (κ1) is 32.8. The molecule has 4 aliphatic heterocycles. The molecular formula is C38H36F6N2O2. The monoisotopic (exact) mass is 666 g/mol. The predicted octanol–water partition coefficient (Wildman–Crippen LogP) is 8.41. The first-order valence-electron chi connectivity index (χ1n) is 16.2. The maximum absolute atomic E-state index is 13.2. The van der Waals surface area contributed by atoms with Crippen LogP contribution in [0.4, 0.5) is 26.3 Å². The van der Waals surface area contributed by atoms with Gasteiger partial charge in [0.2, 0.25) is 0 Å². The van der Waals surface area contributed by atoms with E-state index in [2.05, 4.69) is 34.1 Å². The van der Waals surface area contributed by atoms with E-state index in [1.807, 2.05) is 48.5 Å². The van der Waals surface area contributed by atoms with Gasteiger partial charge < -0.3 is 9.47 Å². The van der Waals surface area contributed by atoms with Crippen molar-refractivity contribution in [3.8, 4) is 0 Å². The maximum Gasteiger partial charge on any atom is 0.416 e. The zero-order valence-corrected chi connectivity index (χ0v) is 26.2. The average molecular weight is 667 g/mol. The summed E-state index contributed by atoms with van der Waals surface area (Å²) in [7, 11) is 0. The third-order valence-electron chi connectivity index (χ3n) is 9.90.